The lowest BCUT2D eigenvalue weighted by atomic mass is 9.96. The van der Waals surface area contributed by atoms with Crippen LogP contribution >= 0.6 is 11.3 Å². The van der Waals surface area contributed by atoms with Crippen molar-refractivity contribution in [1.29, 1.82) is 0 Å². The monoisotopic (exact) mass is 296 g/mol. The molecular weight excluding hydrogens is 276 g/mol. The van der Waals surface area contributed by atoms with Gasteiger partial charge in [-0.3, -0.25) is 0 Å². The molecule has 0 saturated heterocycles. The van der Waals surface area contributed by atoms with Gasteiger partial charge in [0.2, 0.25) is 0 Å². The van der Waals surface area contributed by atoms with Crippen molar-refractivity contribution in [2.45, 2.75) is 45.7 Å². The molecule has 1 saturated carbocycles. The maximum atomic E-state index is 11.9. The molecule has 2 rings (SSSR count). The van der Waals surface area contributed by atoms with Gasteiger partial charge < -0.3 is 15.7 Å². The third-order valence-corrected chi connectivity index (χ3v) is 5.00. The molecule has 1 aromatic rings. The van der Waals surface area contributed by atoms with E-state index in [0.29, 0.717) is 6.54 Å². The zero-order valence-electron chi connectivity index (χ0n) is 11.9. The van der Waals surface area contributed by atoms with Gasteiger partial charge >= 0.3 is 12.0 Å². The molecule has 0 spiro atoms. The number of thiophene rings is 1. The summed E-state index contributed by atoms with van der Waals surface area (Å²) >= 11 is 1.64. The molecule has 2 amide bonds. The molecule has 20 heavy (non-hydrogen) atoms. The molecule has 0 radical (unpaired) electrons. The molecule has 1 aromatic heterocycles. The molecule has 5 nitrogen and oxygen atoms in total. The number of hydrogen-bond acceptors (Lipinski definition) is 3. The van der Waals surface area contributed by atoms with Crippen LogP contribution in [0.5, 0.6) is 0 Å². The highest BCUT2D eigenvalue weighted by molar-refractivity contribution is 7.12. The zero-order chi connectivity index (χ0) is 14.9. The molecular formula is C14H20N2O3S. The smallest absolute Gasteiger partial charge is 0.329 e. The molecule has 6 heteroatoms. The molecule has 110 valence electrons. The van der Waals surface area contributed by atoms with E-state index >= 15 is 0 Å². The van der Waals surface area contributed by atoms with Gasteiger partial charge in [0.25, 0.3) is 0 Å². The van der Waals surface area contributed by atoms with Crippen LogP contribution < -0.4 is 10.6 Å². The van der Waals surface area contributed by atoms with E-state index in [0.717, 1.165) is 17.7 Å². The van der Waals surface area contributed by atoms with Crippen LogP contribution in [0, 0.1) is 19.8 Å². The van der Waals surface area contributed by atoms with Crippen LogP contribution in [0.3, 0.4) is 0 Å². The Kier molecular flexibility index (Phi) is 4.04. The molecule has 0 aromatic carbocycles. The number of carboxylic acids is 1. The Morgan fingerprint density at radius 1 is 1.45 bits per heavy atom. The topological polar surface area (TPSA) is 78.4 Å². The number of urea groups is 1. The minimum Gasteiger partial charge on any atom is -0.480 e. The number of hydrogen-bond donors (Lipinski definition) is 3. The van der Waals surface area contributed by atoms with Crippen molar-refractivity contribution in [3.05, 3.63) is 21.4 Å². The lowest BCUT2D eigenvalue weighted by molar-refractivity contribution is -0.144. The van der Waals surface area contributed by atoms with Crippen molar-refractivity contribution in [2.75, 3.05) is 0 Å². The van der Waals surface area contributed by atoms with E-state index in [1.165, 1.54) is 10.4 Å². The van der Waals surface area contributed by atoms with Gasteiger partial charge in [-0.15, -0.1) is 11.3 Å². The van der Waals surface area contributed by atoms with Crippen LogP contribution in [0.4, 0.5) is 4.79 Å². The van der Waals surface area contributed by atoms with E-state index in [-0.39, 0.29) is 5.92 Å². The molecule has 0 aliphatic heterocycles. The van der Waals surface area contributed by atoms with Gasteiger partial charge in [0, 0.05) is 9.75 Å². The van der Waals surface area contributed by atoms with E-state index in [2.05, 4.69) is 10.6 Å². The van der Waals surface area contributed by atoms with Crippen LogP contribution in [-0.4, -0.2) is 22.6 Å². The van der Waals surface area contributed by atoms with Gasteiger partial charge in [-0.1, -0.05) is 0 Å². The molecule has 1 aliphatic carbocycles. The lowest BCUT2D eigenvalue weighted by Crippen LogP contribution is -2.56. The maximum Gasteiger partial charge on any atom is 0.329 e. The summed E-state index contributed by atoms with van der Waals surface area (Å²) in [5, 5.41) is 14.6. The summed E-state index contributed by atoms with van der Waals surface area (Å²) in [7, 11) is 0. The number of amides is 2. The normalized spacial score (nSPS) is 17.4. The molecule has 1 aliphatic rings. The quantitative estimate of drug-likeness (QED) is 0.781. The molecule has 0 bridgehead atoms. The van der Waals surface area contributed by atoms with E-state index in [1.807, 2.05) is 19.9 Å². The molecule has 1 atom stereocenters. The van der Waals surface area contributed by atoms with E-state index in [4.69, 9.17) is 0 Å². The number of nitrogens with one attached hydrogen (secondary N) is 2. The predicted molar refractivity (Wildman–Crippen MR) is 77.9 cm³/mol. The second-order valence-electron chi connectivity index (χ2n) is 5.54. The molecule has 1 fully saturated rings. The number of carboxylic acid groups (broad SMARTS) is 1. The number of aryl methyl sites for hydroxylation is 2. The van der Waals surface area contributed by atoms with Crippen LogP contribution in [-0.2, 0) is 11.3 Å². The second-order valence-corrected chi connectivity index (χ2v) is 6.88. The summed E-state index contributed by atoms with van der Waals surface area (Å²) < 4.78 is 0. The lowest BCUT2D eigenvalue weighted by Gasteiger charge is -2.26. The van der Waals surface area contributed by atoms with Gasteiger partial charge in [-0.25, -0.2) is 9.59 Å². The Morgan fingerprint density at radius 2 is 2.10 bits per heavy atom. The Hall–Kier alpha value is -1.56. The van der Waals surface area contributed by atoms with Gasteiger partial charge in [0.05, 0.1) is 6.54 Å². The van der Waals surface area contributed by atoms with Crippen LogP contribution in [0.15, 0.2) is 6.07 Å². The first kappa shape index (κ1) is 14.8. The highest BCUT2D eigenvalue weighted by Gasteiger charge is 2.48. The van der Waals surface area contributed by atoms with Crippen LogP contribution in [0.25, 0.3) is 0 Å². The fourth-order valence-electron chi connectivity index (χ4n) is 2.18. The Labute approximate surface area is 122 Å². The second kappa shape index (κ2) is 5.44. The Balaban J connectivity index is 1.90. The standard InChI is InChI=1S/C14H20N2O3S/c1-8-6-11(20-9(8)2)7-15-13(19)16-14(3,12(17)18)10-4-5-10/h6,10H,4-5,7H2,1-3H3,(H,17,18)(H2,15,16,19). The van der Waals surface area contributed by atoms with Crippen LogP contribution in [0.1, 0.15) is 35.1 Å². The summed E-state index contributed by atoms with van der Waals surface area (Å²) in [6.07, 6.45) is 1.71. The summed E-state index contributed by atoms with van der Waals surface area (Å²) in [5.41, 5.74) is 0.0475. The SMILES string of the molecule is Cc1cc(CNC(=O)NC(C)(C(=O)O)C2CC2)sc1C. The summed E-state index contributed by atoms with van der Waals surface area (Å²) in [6.45, 7) is 6.07. The van der Waals surface area contributed by atoms with Gasteiger partial charge in [-0.05, 0) is 51.2 Å². The number of rotatable bonds is 5. The fourth-order valence-corrected chi connectivity index (χ4v) is 3.17. The van der Waals surface area contributed by atoms with Crippen molar-refractivity contribution in [1.82, 2.24) is 10.6 Å². The van der Waals surface area contributed by atoms with Crippen molar-refractivity contribution in [3.8, 4) is 0 Å². The Morgan fingerprint density at radius 3 is 2.55 bits per heavy atom. The van der Waals surface area contributed by atoms with Crippen molar-refractivity contribution in [2.24, 2.45) is 5.92 Å². The van der Waals surface area contributed by atoms with Crippen molar-refractivity contribution >= 4 is 23.3 Å². The summed E-state index contributed by atoms with van der Waals surface area (Å²) in [4.78, 5) is 25.5. The third kappa shape index (κ3) is 3.12. The fraction of sp³-hybridized carbons (Fsp3) is 0.571. The highest BCUT2D eigenvalue weighted by Crippen LogP contribution is 2.39. The number of carbonyl (C=O) groups is 2. The average Bonchev–Trinajstić information content (AvgIpc) is 3.15. The minimum absolute atomic E-state index is 0.0389. The van der Waals surface area contributed by atoms with Crippen molar-refractivity contribution in [3.63, 3.8) is 0 Å². The van der Waals surface area contributed by atoms with Gasteiger partial charge in [-0.2, -0.15) is 0 Å². The van der Waals surface area contributed by atoms with E-state index < -0.39 is 17.5 Å². The maximum absolute atomic E-state index is 11.9. The minimum atomic E-state index is -1.16. The molecule has 1 unspecified atom stereocenters. The average molecular weight is 296 g/mol. The molecule has 1 heterocycles. The Bertz CT molecular complexity index is 517. The van der Waals surface area contributed by atoms with Gasteiger partial charge in [0.15, 0.2) is 0 Å². The highest BCUT2D eigenvalue weighted by atomic mass is 32.1. The molecule has 3 N–H and O–H groups in total. The van der Waals surface area contributed by atoms with Crippen molar-refractivity contribution < 1.29 is 14.7 Å². The first-order chi connectivity index (χ1) is 9.33. The first-order valence-corrected chi connectivity index (χ1v) is 7.50. The van der Waals surface area contributed by atoms with Crippen LogP contribution in [0.2, 0.25) is 0 Å². The predicted octanol–water partition coefficient (Wildman–Crippen LogP) is 2.42. The van der Waals surface area contributed by atoms with E-state index in [1.54, 1.807) is 18.3 Å². The number of carbonyl (C=O) groups excluding carboxylic acids is 1. The largest absolute Gasteiger partial charge is 0.480 e. The summed E-state index contributed by atoms with van der Waals surface area (Å²) in [5.74, 6) is -0.935. The number of aliphatic carboxylic acids is 1. The van der Waals surface area contributed by atoms with Gasteiger partial charge in [0.1, 0.15) is 5.54 Å². The summed E-state index contributed by atoms with van der Waals surface area (Å²) in [6, 6.07) is 1.61. The zero-order valence-corrected chi connectivity index (χ0v) is 12.8. The van der Waals surface area contributed by atoms with E-state index in [9.17, 15) is 14.7 Å². The third-order valence-electron chi connectivity index (χ3n) is 3.85. The first-order valence-electron chi connectivity index (χ1n) is 6.68.